The lowest BCUT2D eigenvalue weighted by atomic mass is 9.85. The molecule has 1 aliphatic rings. The molecular formula is C30H38ClN7O4. The molecule has 1 saturated heterocycles. The summed E-state index contributed by atoms with van der Waals surface area (Å²) in [4.78, 5) is 50.8. The number of fused-ring (bicyclic) bond motifs is 1. The first-order chi connectivity index (χ1) is 19.9. The highest BCUT2D eigenvalue weighted by atomic mass is 35.5. The van der Waals surface area contributed by atoms with Gasteiger partial charge in [0.25, 0.3) is 0 Å². The highest BCUT2D eigenvalue weighted by Gasteiger charge is 2.42. The van der Waals surface area contributed by atoms with Crippen molar-refractivity contribution in [3.8, 4) is 5.75 Å². The minimum atomic E-state index is -0.815. The van der Waals surface area contributed by atoms with Gasteiger partial charge in [-0.2, -0.15) is 4.98 Å². The van der Waals surface area contributed by atoms with Crippen molar-refractivity contribution in [1.29, 1.82) is 0 Å². The van der Waals surface area contributed by atoms with E-state index in [-0.39, 0.29) is 17.8 Å². The number of para-hydroxylation sites is 1. The van der Waals surface area contributed by atoms with Gasteiger partial charge in [-0.15, -0.1) is 0 Å². The molecular weight excluding hydrogens is 558 g/mol. The van der Waals surface area contributed by atoms with E-state index in [2.05, 4.69) is 31.2 Å². The molecule has 1 fully saturated rings. The summed E-state index contributed by atoms with van der Waals surface area (Å²) in [5.74, 6) is 0.108. The summed E-state index contributed by atoms with van der Waals surface area (Å²) in [5, 5.41) is 13.0. The first kappa shape index (κ1) is 31.0. The molecule has 0 saturated carbocycles. The number of ether oxygens (including phenoxy) is 1. The van der Waals surface area contributed by atoms with Gasteiger partial charge in [0.1, 0.15) is 23.7 Å². The Morgan fingerprint density at radius 1 is 1.12 bits per heavy atom. The molecule has 3 aromatic rings. The van der Waals surface area contributed by atoms with E-state index in [1.165, 1.54) is 0 Å². The molecule has 3 unspecified atom stereocenters. The number of nitrogens with one attached hydrogen (secondary N) is 4. The van der Waals surface area contributed by atoms with Crippen molar-refractivity contribution in [1.82, 2.24) is 25.5 Å². The number of rotatable bonds is 9. The number of nitrogens with zero attached hydrogens (tertiary/aromatic N) is 3. The molecule has 1 aliphatic heterocycles. The van der Waals surface area contributed by atoms with E-state index in [1.807, 2.05) is 45.0 Å². The van der Waals surface area contributed by atoms with E-state index in [0.717, 1.165) is 0 Å². The number of likely N-dealkylation sites (tertiary alicyclic amines) is 1. The van der Waals surface area contributed by atoms with E-state index in [0.29, 0.717) is 52.6 Å². The Kier molecular flexibility index (Phi) is 9.53. The van der Waals surface area contributed by atoms with Crippen molar-refractivity contribution in [3.63, 3.8) is 0 Å². The molecule has 1 aromatic heterocycles. The quantitative estimate of drug-likeness (QED) is 0.290. The van der Waals surface area contributed by atoms with Crippen molar-refractivity contribution in [3.05, 3.63) is 47.5 Å². The molecule has 2 heterocycles. The fourth-order valence-corrected chi connectivity index (χ4v) is 4.97. The zero-order valence-electron chi connectivity index (χ0n) is 24.7. The van der Waals surface area contributed by atoms with Gasteiger partial charge in [0.2, 0.25) is 23.7 Å². The second-order valence-corrected chi connectivity index (χ2v) is 11.8. The Balaban J connectivity index is 1.61. The summed E-state index contributed by atoms with van der Waals surface area (Å²) in [7, 11) is 3.24. The van der Waals surface area contributed by atoms with Crippen LogP contribution in [0.25, 0.3) is 10.9 Å². The predicted octanol–water partition coefficient (Wildman–Crippen LogP) is 4.10. The van der Waals surface area contributed by atoms with Gasteiger partial charge >= 0.3 is 0 Å². The third-order valence-corrected chi connectivity index (χ3v) is 7.66. The smallest absolute Gasteiger partial charge is 0.249 e. The number of anilines is 3. The molecule has 0 bridgehead atoms. The average molecular weight is 596 g/mol. The third kappa shape index (κ3) is 6.91. The van der Waals surface area contributed by atoms with Crippen LogP contribution in [0.4, 0.5) is 17.5 Å². The molecule has 11 nitrogen and oxygen atoms in total. The Morgan fingerprint density at radius 3 is 2.52 bits per heavy atom. The van der Waals surface area contributed by atoms with Gasteiger partial charge in [0, 0.05) is 18.0 Å². The summed E-state index contributed by atoms with van der Waals surface area (Å²) in [6.45, 7) is 7.77. The normalized spacial score (nSPS) is 16.5. The maximum absolute atomic E-state index is 13.8. The van der Waals surface area contributed by atoms with Crippen LogP contribution < -0.4 is 26.0 Å². The second kappa shape index (κ2) is 12.9. The number of likely N-dealkylation sites (N-methyl/N-ethyl adjacent to an activating group) is 1. The maximum Gasteiger partial charge on any atom is 0.249 e. The first-order valence-corrected chi connectivity index (χ1v) is 14.3. The Morgan fingerprint density at radius 2 is 1.86 bits per heavy atom. The van der Waals surface area contributed by atoms with Crippen LogP contribution in [0, 0.1) is 5.41 Å². The monoisotopic (exact) mass is 595 g/mol. The number of halogens is 1. The molecule has 42 heavy (non-hydrogen) atoms. The number of carbonyl (C=O) groups excluding carboxylic acids is 3. The standard InChI is InChI=1S/C30H38ClN7O4/c1-17(32-5)26(39)35-24(30(2,3)4)28(41)38-15-9-12-23(38)27(40)37-29-34-22-16-18(42-6)13-14-19(22)25(36-29)33-21-11-8-7-10-20(21)31/h7-8,10-11,13-14,16-17,23-24,32H,9,12,15H2,1-6H3,(H,35,39)(H2,33,34,36,37,40). The van der Waals surface area contributed by atoms with Gasteiger partial charge in [0.15, 0.2) is 0 Å². The van der Waals surface area contributed by atoms with E-state index in [1.54, 1.807) is 44.2 Å². The number of amides is 3. The van der Waals surface area contributed by atoms with E-state index >= 15 is 0 Å². The summed E-state index contributed by atoms with van der Waals surface area (Å²) in [6, 6.07) is 10.6. The summed E-state index contributed by atoms with van der Waals surface area (Å²) < 4.78 is 5.37. The molecule has 0 radical (unpaired) electrons. The minimum absolute atomic E-state index is 0.0677. The lowest BCUT2D eigenvalue weighted by molar-refractivity contribution is -0.143. The van der Waals surface area contributed by atoms with Crippen molar-refractivity contribution < 1.29 is 19.1 Å². The summed E-state index contributed by atoms with van der Waals surface area (Å²) in [5.41, 5.74) is 0.606. The van der Waals surface area contributed by atoms with Gasteiger partial charge in [-0.3, -0.25) is 19.7 Å². The first-order valence-electron chi connectivity index (χ1n) is 13.9. The number of hydrogen-bond acceptors (Lipinski definition) is 8. The zero-order chi connectivity index (χ0) is 30.6. The molecule has 4 N–H and O–H groups in total. The summed E-state index contributed by atoms with van der Waals surface area (Å²) in [6.07, 6.45) is 1.12. The molecule has 3 atom stereocenters. The average Bonchev–Trinajstić information content (AvgIpc) is 3.45. The van der Waals surface area contributed by atoms with Crippen LogP contribution in [0.15, 0.2) is 42.5 Å². The number of carbonyl (C=O) groups is 3. The highest BCUT2D eigenvalue weighted by Crippen LogP contribution is 2.31. The van der Waals surface area contributed by atoms with Gasteiger partial charge in [-0.1, -0.05) is 44.5 Å². The SMILES string of the molecule is CNC(C)C(=O)NC(C(=O)N1CCCC1C(=O)Nc1nc(Nc2ccccc2Cl)c2ccc(OC)cc2n1)C(C)(C)C. The Bertz CT molecular complexity index is 1480. The third-order valence-electron chi connectivity index (χ3n) is 7.33. The van der Waals surface area contributed by atoms with Gasteiger partial charge in [0.05, 0.1) is 29.4 Å². The number of benzene rings is 2. The molecule has 0 spiro atoms. The molecule has 224 valence electrons. The van der Waals surface area contributed by atoms with Crippen molar-refractivity contribution in [2.75, 3.05) is 31.3 Å². The lowest BCUT2D eigenvalue weighted by Crippen LogP contribution is -2.59. The molecule has 2 aromatic carbocycles. The zero-order valence-corrected chi connectivity index (χ0v) is 25.5. The lowest BCUT2D eigenvalue weighted by Gasteiger charge is -2.35. The molecule has 3 amide bonds. The fourth-order valence-electron chi connectivity index (χ4n) is 4.79. The summed E-state index contributed by atoms with van der Waals surface area (Å²) >= 11 is 6.38. The van der Waals surface area contributed by atoms with Crippen molar-refractivity contribution >= 4 is 57.7 Å². The van der Waals surface area contributed by atoms with Crippen LogP contribution in [-0.4, -0.2) is 71.4 Å². The van der Waals surface area contributed by atoms with E-state index in [9.17, 15) is 14.4 Å². The maximum atomic E-state index is 13.8. The second-order valence-electron chi connectivity index (χ2n) is 11.4. The largest absolute Gasteiger partial charge is 0.497 e. The van der Waals surface area contributed by atoms with Gasteiger partial charge in [-0.05, 0) is 56.5 Å². The van der Waals surface area contributed by atoms with Crippen molar-refractivity contribution in [2.24, 2.45) is 5.41 Å². The van der Waals surface area contributed by atoms with E-state index in [4.69, 9.17) is 16.3 Å². The van der Waals surface area contributed by atoms with Crippen LogP contribution in [0.1, 0.15) is 40.5 Å². The van der Waals surface area contributed by atoms with Crippen LogP contribution >= 0.6 is 11.6 Å². The minimum Gasteiger partial charge on any atom is -0.497 e. The van der Waals surface area contributed by atoms with Crippen LogP contribution in [0.3, 0.4) is 0 Å². The highest BCUT2D eigenvalue weighted by molar-refractivity contribution is 6.33. The number of aromatic nitrogens is 2. The number of hydrogen-bond donors (Lipinski definition) is 4. The Hall–Kier alpha value is -3.96. The fraction of sp³-hybridized carbons (Fsp3) is 0.433. The number of methoxy groups -OCH3 is 1. The van der Waals surface area contributed by atoms with Gasteiger partial charge < -0.3 is 25.6 Å². The van der Waals surface area contributed by atoms with E-state index < -0.39 is 29.4 Å². The van der Waals surface area contributed by atoms with Crippen molar-refractivity contribution in [2.45, 2.75) is 58.7 Å². The van der Waals surface area contributed by atoms with Crippen LogP contribution in [-0.2, 0) is 14.4 Å². The predicted molar refractivity (Wildman–Crippen MR) is 164 cm³/mol. The molecule has 0 aliphatic carbocycles. The van der Waals surface area contributed by atoms with Gasteiger partial charge in [-0.25, -0.2) is 4.98 Å². The topological polar surface area (TPSA) is 138 Å². The molecule has 12 heteroatoms. The van der Waals surface area contributed by atoms with Crippen LogP contribution in [0.5, 0.6) is 5.75 Å². The Labute approximate surface area is 250 Å². The van der Waals surface area contributed by atoms with Crippen LogP contribution in [0.2, 0.25) is 5.02 Å². The molecule has 4 rings (SSSR count).